The lowest BCUT2D eigenvalue weighted by molar-refractivity contribution is -0.143. The van der Waals surface area contributed by atoms with Gasteiger partial charge in [-0.15, -0.1) is 11.3 Å². The average molecular weight is 346 g/mol. The fourth-order valence-corrected chi connectivity index (χ4v) is 3.36. The number of nitrogens with one attached hydrogen (secondary N) is 1. The molecule has 1 aliphatic carbocycles. The van der Waals surface area contributed by atoms with Gasteiger partial charge in [-0.05, 0) is 31.0 Å². The summed E-state index contributed by atoms with van der Waals surface area (Å²) in [6.45, 7) is 0.216. The van der Waals surface area contributed by atoms with Crippen LogP contribution in [0.1, 0.15) is 18.5 Å². The number of thiazole rings is 1. The highest BCUT2D eigenvalue weighted by Gasteiger charge is 2.51. The van der Waals surface area contributed by atoms with Crippen LogP contribution >= 0.6 is 11.3 Å². The fraction of sp³-hybridized carbons (Fsp3) is 0.312. The number of hydrogen-bond acceptors (Lipinski definition) is 6. The van der Waals surface area contributed by atoms with Gasteiger partial charge in [0.15, 0.2) is 11.5 Å². The summed E-state index contributed by atoms with van der Waals surface area (Å²) in [5, 5.41) is 14.3. The molecule has 1 aromatic carbocycles. The maximum atomic E-state index is 12.0. The van der Waals surface area contributed by atoms with Gasteiger partial charge < -0.3 is 19.9 Å². The minimum absolute atomic E-state index is 0.0656. The first kappa shape index (κ1) is 14.9. The number of rotatable bonds is 5. The van der Waals surface area contributed by atoms with E-state index in [2.05, 4.69) is 10.3 Å². The molecule has 1 fully saturated rings. The average Bonchev–Trinajstić information content (AvgIpc) is 2.97. The van der Waals surface area contributed by atoms with E-state index in [9.17, 15) is 9.59 Å². The maximum Gasteiger partial charge on any atom is 0.329 e. The Kier molecular flexibility index (Phi) is 3.42. The summed E-state index contributed by atoms with van der Waals surface area (Å²) >= 11 is 1.43. The summed E-state index contributed by atoms with van der Waals surface area (Å²) in [6, 6.07) is 5.57. The molecule has 7 nitrogen and oxygen atoms in total. The largest absolute Gasteiger partial charge is 0.480 e. The van der Waals surface area contributed by atoms with Crippen molar-refractivity contribution in [2.45, 2.75) is 24.8 Å². The molecule has 24 heavy (non-hydrogen) atoms. The van der Waals surface area contributed by atoms with Crippen molar-refractivity contribution in [1.29, 1.82) is 0 Å². The molecular weight excluding hydrogens is 332 g/mol. The molecular formula is C16H14N2O5S. The SMILES string of the molecule is O=C(Cc1csc(-c2ccc3c(c2)OCO3)n1)NC1(C(=O)O)CC1. The summed E-state index contributed by atoms with van der Waals surface area (Å²) in [5.74, 6) is 0.0880. The number of nitrogens with zero attached hydrogens (tertiary/aromatic N) is 1. The minimum atomic E-state index is -1.06. The Labute approximate surface area is 141 Å². The van der Waals surface area contributed by atoms with E-state index in [1.54, 1.807) is 5.38 Å². The van der Waals surface area contributed by atoms with Crippen LogP contribution in [-0.2, 0) is 16.0 Å². The van der Waals surface area contributed by atoms with E-state index < -0.39 is 11.5 Å². The van der Waals surface area contributed by atoms with Crippen molar-refractivity contribution in [1.82, 2.24) is 10.3 Å². The van der Waals surface area contributed by atoms with Gasteiger partial charge in [-0.3, -0.25) is 4.79 Å². The zero-order valence-electron chi connectivity index (χ0n) is 12.6. The highest BCUT2D eigenvalue weighted by Crippen LogP contribution is 2.37. The van der Waals surface area contributed by atoms with E-state index in [1.165, 1.54) is 11.3 Å². The molecule has 2 aliphatic rings. The van der Waals surface area contributed by atoms with E-state index in [0.717, 1.165) is 10.6 Å². The Bertz CT molecular complexity index is 828. The monoisotopic (exact) mass is 346 g/mol. The molecule has 2 N–H and O–H groups in total. The van der Waals surface area contributed by atoms with Gasteiger partial charge in [-0.2, -0.15) is 0 Å². The first-order valence-corrected chi connectivity index (χ1v) is 8.33. The van der Waals surface area contributed by atoms with E-state index in [1.807, 2.05) is 18.2 Å². The van der Waals surface area contributed by atoms with Crippen LogP contribution in [0.25, 0.3) is 10.6 Å². The highest BCUT2D eigenvalue weighted by molar-refractivity contribution is 7.13. The second-order valence-electron chi connectivity index (χ2n) is 5.82. The zero-order valence-corrected chi connectivity index (χ0v) is 13.4. The van der Waals surface area contributed by atoms with Gasteiger partial charge in [0, 0.05) is 10.9 Å². The summed E-state index contributed by atoms with van der Waals surface area (Å²) in [4.78, 5) is 27.6. The van der Waals surface area contributed by atoms with Crippen molar-refractivity contribution in [3.63, 3.8) is 0 Å². The quantitative estimate of drug-likeness (QED) is 0.857. The number of carbonyl (C=O) groups excluding carboxylic acids is 1. The summed E-state index contributed by atoms with van der Waals surface area (Å²) in [5.41, 5.74) is 0.444. The number of aliphatic carboxylic acids is 1. The molecule has 1 saturated carbocycles. The number of carboxylic acids is 1. The molecule has 0 unspecified atom stereocenters. The van der Waals surface area contributed by atoms with Crippen molar-refractivity contribution in [2.24, 2.45) is 0 Å². The molecule has 0 spiro atoms. The standard InChI is InChI=1S/C16H14N2O5S/c19-13(18-16(3-4-16)15(20)21)6-10-7-24-14(17-10)9-1-2-11-12(5-9)23-8-22-11/h1-2,5,7H,3-4,6,8H2,(H,18,19)(H,20,21). The second kappa shape index (κ2) is 5.48. The van der Waals surface area contributed by atoms with Crippen LogP contribution in [0.5, 0.6) is 11.5 Å². The Balaban J connectivity index is 1.45. The maximum absolute atomic E-state index is 12.0. The van der Waals surface area contributed by atoms with Gasteiger partial charge >= 0.3 is 5.97 Å². The van der Waals surface area contributed by atoms with Gasteiger partial charge in [0.25, 0.3) is 0 Å². The Morgan fingerprint density at radius 3 is 2.83 bits per heavy atom. The first-order valence-electron chi connectivity index (χ1n) is 7.45. The first-order chi connectivity index (χ1) is 11.6. The van der Waals surface area contributed by atoms with Gasteiger partial charge in [-0.25, -0.2) is 9.78 Å². The molecule has 0 atom stereocenters. The molecule has 2 aromatic rings. The van der Waals surface area contributed by atoms with Crippen LogP contribution in [0.15, 0.2) is 23.6 Å². The van der Waals surface area contributed by atoms with Crippen molar-refractivity contribution in [3.05, 3.63) is 29.3 Å². The fourth-order valence-electron chi connectivity index (χ4n) is 2.54. The lowest BCUT2D eigenvalue weighted by atomic mass is 10.2. The third-order valence-electron chi connectivity index (χ3n) is 4.05. The number of carboxylic acid groups (broad SMARTS) is 1. The Hall–Kier alpha value is -2.61. The van der Waals surface area contributed by atoms with Crippen molar-refractivity contribution >= 4 is 23.2 Å². The minimum Gasteiger partial charge on any atom is -0.480 e. The van der Waals surface area contributed by atoms with E-state index >= 15 is 0 Å². The second-order valence-corrected chi connectivity index (χ2v) is 6.68. The number of ether oxygens (including phenoxy) is 2. The smallest absolute Gasteiger partial charge is 0.329 e. The van der Waals surface area contributed by atoms with Gasteiger partial charge in [0.1, 0.15) is 10.5 Å². The Morgan fingerprint density at radius 2 is 2.08 bits per heavy atom. The molecule has 0 bridgehead atoms. The molecule has 1 aromatic heterocycles. The lowest BCUT2D eigenvalue weighted by Crippen LogP contribution is -2.43. The van der Waals surface area contributed by atoms with Gasteiger partial charge in [0.2, 0.25) is 12.7 Å². The number of amides is 1. The van der Waals surface area contributed by atoms with Crippen molar-refractivity contribution in [3.8, 4) is 22.1 Å². The topological polar surface area (TPSA) is 97.8 Å². The summed E-state index contributed by atoms with van der Waals surface area (Å²) in [7, 11) is 0. The third kappa shape index (κ3) is 2.69. The highest BCUT2D eigenvalue weighted by atomic mass is 32.1. The van der Waals surface area contributed by atoms with Crippen LogP contribution in [0.2, 0.25) is 0 Å². The molecule has 1 aliphatic heterocycles. The van der Waals surface area contributed by atoms with Gasteiger partial charge in [0.05, 0.1) is 12.1 Å². The van der Waals surface area contributed by atoms with Gasteiger partial charge in [-0.1, -0.05) is 0 Å². The van der Waals surface area contributed by atoms with E-state index in [-0.39, 0.29) is 19.1 Å². The predicted octanol–water partition coefficient (Wildman–Crippen LogP) is 1.81. The number of benzene rings is 1. The molecule has 2 heterocycles. The normalized spacial score (nSPS) is 16.7. The van der Waals surface area contributed by atoms with Crippen LogP contribution in [0.4, 0.5) is 0 Å². The molecule has 8 heteroatoms. The van der Waals surface area contributed by atoms with Crippen LogP contribution in [0.3, 0.4) is 0 Å². The number of aromatic nitrogens is 1. The van der Waals surface area contributed by atoms with Crippen molar-refractivity contribution in [2.75, 3.05) is 6.79 Å². The summed E-state index contributed by atoms with van der Waals surface area (Å²) in [6.07, 6.45) is 1.03. The van der Waals surface area contributed by atoms with Crippen LogP contribution in [0, 0.1) is 0 Å². The molecule has 0 saturated heterocycles. The van der Waals surface area contributed by atoms with Crippen molar-refractivity contribution < 1.29 is 24.2 Å². The Morgan fingerprint density at radius 1 is 1.29 bits per heavy atom. The zero-order chi connectivity index (χ0) is 16.7. The molecule has 124 valence electrons. The number of fused-ring (bicyclic) bond motifs is 1. The summed E-state index contributed by atoms with van der Waals surface area (Å²) < 4.78 is 10.6. The van der Waals surface area contributed by atoms with Crippen LogP contribution in [-0.4, -0.2) is 34.3 Å². The number of hydrogen-bond donors (Lipinski definition) is 2. The van der Waals surface area contributed by atoms with Crippen LogP contribution < -0.4 is 14.8 Å². The molecule has 0 radical (unpaired) electrons. The number of carbonyl (C=O) groups is 2. The third-order valence-corrected chi connectivity index (χ3v) is 4.99. The van der Waals surface area contributed by atoms with E-state index in [4.69, 9.17) is 14.6 Å². The lowest BCUT2D eigenvalue weighted by Gasteiger charge is -2.11. The predicted molar refractivity (Wildman–Crippen MR) is 85.1 cm³/mol. The molecule has 4 rings (SSSR count). The van der Waals surface area contributed by atoms with E-state index in [0.29, 0.717) is 30.0 Å². The molecule has 1 amide bonds.